The zero-order valence-electron chi connectivity index (χ0n) is 13.8. The zero-order chi connectivity index (χ0) is 17.8. The lowest BCUT2D eigenvalue weighted by atomic mass is 10.1. The molecule has 0 radical (unpaired) electrons. The summed E-state index contributed by atoms with van der Waals surface area (Å²) in [4.78, 5) is 28.1. The van der Waals surface area contributed by atoms with E-state index in [1.165, 1.54) is 18.3 Å². The molecule has 0 aliphatic heterocycles. The summed E-state index contributed by atoms with van der Waals surface area (Å²) in [6, 6.07) is 14.1. The summed E-state index contributed by atoms with van der Waals surface area (Å²) in [5.74, 6) is 0.426. The number of rotatable bonds is 5. The summed E-state index contributed by atoms with van der Waals surface area (Å²) >= 11 is 1.34. The summed E-state index contributed by atoms with van der Waals surface area (Å²) in [6.45, 7) is 1.49. The van der Waals surface area contributed by atoms with Gasteiger partial charge in [-0.25, -0.2) is 4.98 Å². The fraction of sp³-hybridized carbons (Fsp3) is 0.105. The second-order valence-electron chi connectivity index (χ2n) is 5.33. The molecule has 0 saturated heterocycles. The van der Waals surface area contributed by atoms with Gasteiger partial charge in [-0.15, -0.1) is 11.3 Å². The third-order valence-electron chi connectivity index (χ3n) is 3.66. The quantitative estimate of drug-likeness (QED) is 0.696. The van der Waals surface area contributed by atoms with Crippen molar-refractivity contribution in [3.8, 4) is 17.0 Å². The van der Waals surface area contributed by atoms with Gasteiger partial charge in [0.05, 0.1) is 12.8 Å². The van der Waals surface area contributed by atoms with Crippen molar-refractivity contribution in [3.05, 3.63) is 65.0 Å². The fourth-order valence-electron chi connectivity index (χ4n) is 2.34. The van der Waals surface area contributed by atoms with E-state index in [-0.39, 0.29) is 11.7 Å². The number of nitrogens with one attached hydrogen (secondary N) is 1. The molecule has 1 heterocycles. The second kappa shape index (κ2) is 7.27. The summed E-state index contributed by atoms with van der Waals surface area (Å²) in [5, 5.41) is 5.15. The van der Waals surface area contributed by atoms with Crippen molar-refractivity contribution in [2.24, 2.45) is 0 Å². The van der Waals surface area contributed by atoms with Crippen molar-refractivity contribution in [3.63, 3.8) is 0 Å². The van der Waals surface area contributed by atoms with Crippen molar-refractivity contribution in [1.29, 1.82) is 0 Å². The molecule has 126 valence electrons. The molecule has 0 bridgehead atoms. The van der Waals surface area contributed by atoms with E-state index in [0.717, 1.165) is 17.0 Å². The molecule has 0 atom stereocenters. The van der Waals surface area contributed by atoms with E-state index in [4.69, 9.17) is 4.74 Å². The van der Waals surface area contributed by atoms with Crippen LogP contribution in [-0.4, -0.2) is 23.8 Å². The van der Waals surface area contributed by atoms with Crippen LogP contribution in [0.5, 0.6) is 5.75 Å². The summed E-state index contributed by atoms with van der Waals surface area (Å²) in [7, 11) is 1.61. The van der Waals surface area contributed by atoms with Crippen molar-refractivity contribution in [1.82, 2.24) is 4.98 Å². The van der Waals surface area contributed by atoms with Crippen LogP contribution < -0.4 is 10.1 Å². The Labute approximate surface area is 149 Å². The topological polar surface area (TPSA) is 68.3 Å². The number of ether oxygens (including phenoxy) is 1. The lowest BCUT2D eigenvalue weighted by Crippen LogP contribution is -2.11. The number of thiazole rings is 1. The Bertz CT molecular complexity index is 916. The Hall–Kier alpha value is -2.99. The van der Waals surface area contributed by atoms with E-state index in [0.29, 0.717) is 16.3 Å². The molecule has 1 aromatic heterocycles. The van der Waals surface area contributed by atoms with Crippen LogP contribution in [0.1, 0.15) is 27.6 Å². The molecule has 1 N–H and O–H groups in total. The molecule has 0 spiro atoms. The van der Waals surface area contributed by atoms with Gasteiger partial charge in [0.25, 0.3) is 5.91 Å². The summed E-state index contributed by atoms with van der Waals surface area (Å²) < 4.78 is 5.34. The highest BCUT2D eigenvalue weighted by Crippen LogP contribution is 2.31. The molecule has 5 nitrogen and oxygen atoms in total. The van der Waals surface area contributed by atoms with Gasteiger partial charge in [-0.05, 0) is 31.2 Å². The first-order valence-electron chi connectivity index (χ1n) is 7.60. The van der Waals surface area contributed by atoms with E-state index >= 15 is 0 Å². The standard InChI is InChI=1S/C19H16N2O3S/c1-12(22)13-7-9-14(10-8-13)18(23)21-19-20-16(11-25-19)15-5-3-4-6-17(15)24-2/h3-11H,1-2H3,(H,20,21,23). The van der Waals surface area contributed by atoms with Crippen LogP contribution in [0.2, 0.25) is 0 Å². The van der Waals surface area contributed by atoms with Crippen LogP contribution in [0.25, 0.3) is 11.3 Å². The Morgan fingerprint density at radius 3 is 2.40 bits per heavy atom. The minimum Gasteiger partial charge on any atom is -0.496 e. The molecule has 3 aromatic rings. The largest absolute Gasteiger partial charge is 0.496 e. The number of aromatic nitrogens is 1. The molecule has 2 aromatic carbocycles. The normalized spacial score (nSPS) is 10.3. The molecule has 0 saturated carbocycles. The molecule has 0 unspecified atom stereocenters. The van der Waals surface area contributed by atoms with Gasteiger partial charge >= 0.3 is 0 Å². The maximum absolute atomic E-state index is 12.3. The van der Waals surface area contributed by atoms with Crippen molar-refractivity contribution < 1.29 is 14.3 Å². The Balaban J connectivity index is 1.77. The molecular weight excluding hydrogens is 336 g/mol. The van der Waals surface area contributed by atoms with E-state index in [9.17, 15) is 9.59 Å². The lowest BCUT2D eigenvalue weighted by Gasteiger charge is -2.05. The van der Waals surface area contributed by atoms with Gasteiger partial charge in [-0.3, -0.25) is 14.9 Å². The molecular formula is C19H16N2O3S. The van der Waals surface area contributed by atoms with Gasteiger partial charge in [-0.2, -0.15) is 0 Å². The smallest absolute Gasteiger partial charge is 0.257 e. The Morgan fingerprint density at radius 1 is 1.04 bits per heavy atom. The van der Waals surface area contributed by atoms with Gasteiger partial charge in [0.15, 0.2) is 10.9 Å². The molecule has 1 amide bonds. The highest BCUT2D eigenvalue weighted by Gasteiger charge is 2.12. The molecule has 25 heavy (non-hydrogen) atoms. The number of hydrogen-bond acceptors (Lipinski definition) is 5. The maximum Gasteiger partial charge on any atom is 0.257 e. The predicted octanol–water partition coefficient (Wildman–Crippen LogP) is 4.27. The van der Waals surface area contributed by atoms with Gasteiger partial charge < -0.3 is 4.74 Å². The summed E-state index contributed by atoms with van der Waals surface area (Å²) in [6.07, 6.45) is 0. The van der Waals surface area contributed by atoms with Crippen molar-refractivity contribution >= 4 is 28.2 Å². The van der Waals surface area contributed by atoms with Gasteiger partial charge in [0, 0.05) is 22.1 Å². The van der Waals surface area contributed by atoms with E-state index < -0.39 is 0 Å². The number of benzene rings is 2. The molecule has 6 heteroatoms. The first-order valence-corrected chi connectivity index (χ1v) is 8.47. The average Bonchev–Trinajstić information content (AvgIpc) is 3.10. The predicted molar refractivity (Wildman–Crippen MR) is 98.5 cm³/mol. The summed E-state index contributed by atoms with van der Waals surface area (Å²) in [5.41, 5.74) is 2.65. The van der Waals surface area contributed by atoms with Gasteiger partial charge in [-0.1, -0.05) is 24.3 Å². The minimum atomic E-state index is -0.268. The number of Topliss-reactive ketones (excluding diaryl/α,β-unsaturated/α-hetero) is 1. The van der Waals surface area contributed by atoms with Crippen molar-refractivity contribution in [2.75, 3.05) is 12.4 Å². The van der Waals surface area contributed by atoms with Crippen LogP contribution in [0.15, 0.2) is 53.9 Å². The first-order chi connectivity index (χ1) is 12.1. The molecule has 3 rings (SSSR count). The highest BCUT2D eigenvalue weighted by atomic mass is 32.1. The number of amides is 1. The van der Waals surface area contributed by atoms with Crippen LogP contribution in [0, 0.1) is 0 Å². The van der Waals surface area contributed by atoms with Crippen molar-refractivity contribution in [2.45, 2.75) is 6.92 Å². The van der Waals surface area contributed by atoms with E-state index in [2.05, 4.69) is 10.3 Å². The van der Waals surface area contributed by atoms with Crippen LogP contribution in [0.4, 0.5) is 5.13 Å². The number of para-hydroxylation sites is 1. The average molecular weight is 352 g/mol. The number of ketones is 1. The van der Waals surface area contributed by atoms with Gasteiger partial charge in [0.1, 0.15) is 5.75 Å². The number of hydrogen-bond donors (Lipinski definition) is 1. The monoisotopic (exact) mass is 352 g/mol. The second-order valence-corrected chi connectivity index (χ2v) is 6.18. The highest BCUT2D eigenvalue weighted by molar-refractivity contribution is 7.14. The molecule has 0 aliphatic rings. The van der Waals surface area contributed by atoms with E-state index in [1.807, 2.05) is 29.6 Å². The van der Waals surface area contributed by atoms with Crippen LogP contribution >= 0.6 is 11.3 Å². The Morgan fingerprint density at radius 2 is 1.72 bits per heavy atom. The van der Waals surface area contributed by atoms with E-state index in [1.54, 1.807) is 31.4 Å². The third-order valence-corrected chi connectivity index (χ3v) is 4.42. The zero-order valence-corrected chi connectivity index (χ0v) is 14.6. The SMILES string of the molecule is COc1ccccc1-c1csc(NC(=O)c2ccc(C(C)=O)cc2)n1. The van der Waals surface area contributed by atoms with Crippen LogP contribution in [-0.2, 0) is 0 Å². The fourth-order valence-corrected chi connectivity index (χ4v) is 3.04. The maximum atomic E-state index is 12.3. The minimum absolute atomic E-state index is 0.0340. The Kier molecular flexibility index (Phi) is 4.90. The number of nitrogens with zero attached hydrogens (tertiary/aromatic N) is 1. The third kappa shape index (κ3) is 3.75. The first kappa shape index (κ1) is 16.9. The number of anilines is 1. The number of carbonyl (C=O) groups is 2. The van der Waals surface area contributed by atoms with Gasteiger partial charge in [0.2, 0.25) is 0 Å². The lowest BCUT2D eigenvalue weighted by molar-refractivity contribution is 0.100. The number of methoxy groups -OCH3 is 1. The molecule has 0 fully saturated rings. The number of carbonyl (C=O) groups excluding carboxylic acids is 2. The molecule has 0 aliphatic carbocycles. The van der Waals surface area contributed by atoms with Crippen LogP contribution in [0.3, 0.4) is 0 Å².